The lowest BCUT2D eigenvalue weighted by molar-refractivity contribution is -0.107. The molecule has 0 unspecified atom stereocenters. The van der Waals surface area contributed by atoms with Crippen molar-refractivity contribution >= 4 is 12.1 Å². The lowest BCUT2D eigenvalue weighted by Crippen LogP contribution is -1.81. The van der Waals surface area contributed by atoms with Gasteiger partial charge in [0.1, 0.15) is 24.0 Å². The van der Waals surface area contributed by atoms with Crippen LogP contribution < -0.4 is 0 Å². The summed E-state index contributed by atoms with van der Waals surface area (Å²) in [6, 6.07) is 7.13. The van der Waals surface area contributed by atoms with Gasteiger partial charge in [0.25, 0.3) is 5.82 Å². The van der Waals surface area contributed by atoms with Crippen LogP contribution in [-0.2, 0) is 11.2 Å². The van der Waals surface area contributed by atoms with Gasteiger partial charge in [-0.1, -0.05) is 12.6 Å². The second kappa shape index (κ2) is 5.08. The number of hydrogen-bond acceptors (Lipinski definition) is 3. The number of aryl methyl sites for hydroxylation is 1. The van der Waals surface area contributed by atoms with E-state index in [1.54, 1.807) is 18.3 Å². The lowest BCUT2D eigenvalue weighted by Gasteiger charge is -1.95. The van der Waals surface area contributed by atoms with Gasteiger partial charge in [-0.25, -0.2) is 0 Å². The van der Waals surface area contributed by atoms with Crippen LogP contribution >= 0.6 is 0 Å². The van der Waals surface area contributed by atoms with Gasteiger partial charge in [0, 0.05) is 12.8 Å². The molecule has 0 radical (unpaired) electrons. The number of nitrogens with zero attached hydrogens (tertiary/aromatic N) is 2. The summed E-state index contributed by atoms with van der Waals surface area (Å²) in [5, 5.41) is 0. The van der Waals surface area contributed by atoms with Gasteiger partial charge in [-0.15, -0.1) is 4.98 Å². The van der Waals surface area contributed by atoms with Gasteiger partial charge in [-0.3, -0.25) is 0 Å². The zero-order chi connectivity index (χ0) is 12.1. The molecule has 17 heavy (non-hydrogen) atoms. The smallest absolute Gasteiger partial charge is 0.269 e. The SMILES string of the molecule is [C-]#[N+]c1ccc(-c2ccc(CCC=O)o2)cn1. The third kappa shape index (κ3) is 2.58. The summed E-state index contributed by atoms with van der Waals surface area (Å²) >= 11 is 0. The van der Waals surface area contributed by atoms with Crippen LogP contribution in [0.25, 0.3) is 16.2 Å². The van der Waals surface area contributed by atoms with Crippen molar-refractivity contribution in [1.82, 2.24) is 4.98 Å². The van der Waals surface area contributed by atoms with E-state index in [1.807, 2.05) is 12.1 Å². The maximum atomic E-state index is 10.2. The maximum absolute atomic E-state index is 10.2. The van der Waals surface area contributed by atoms with E-state index in [1.165, 1.54) is 0 Å². The standard InChI is InChI=1S/C13H10N2O2/c1-14-13-7-4-10(9-15-13)12-6-5-11(17-12)3-2-8-16/h4-9H,2-3H2. The molecule has 0 spiro atoms. The maximum Gasteiger partial charge on any atom is 0.269 e. The number of carbonyl (C=O) groups excluding carboxylic acids is 1. The minimum absolute atomic E-state index is 0.362. The minimum Gasteiger partial charge on any atom is -0.461 e. The second-order valence-corrected chi connectivity index (χ2v) is 3.49. The molecule has 4 nitrogen and oxygen atoms in total. The summed E-state index contributed by atoms with van der Waals surface area (Å²) in [5.74, 6) is 1.85. The van der Waals surface area contributed by atoms with Gasteiger partial charge in [0.2, 0.25) is 0 Å². The molecule has 2 aromatic heterocycles. The second-order valence-electron chi connectivity index (χ2n) is 3.49. The highest BCUT2D eigenvalue weighted by Gasteiger charge is 2.06. The van der Waals surface area contributed by atoms with Crippen molar-refractivity contribution in [3.63, 3.8) is 0 Å². The molecule has 0 fully saturated rings. The Kier molecular flexibility index (Phi) is 3.31. The van der Waals surface area contributed by atoms with Crippen LogP contribution in [0.1, 0.15) is 12.2 Å². The number of aldehydes is 1. The molecular formula is C13H10N2O2. The summed E-state index contributed by atoms with van der Waals surface area (Å²) in [6.07, 6.45) is 3.54. The predicted molar refractivity (Wildman–Crippen MR) is 62.6 cm³/mol. The van der Waals surface area contributed by atoms with Gasteiger partial charge < -0.3 is 14.1 Å². The first-order valence-corrected chi connectivity index (χ1v) is 5.19. The van der Waals surface area contributed by atoms with Crippen molar-refractivity contribution < 1.29 is 9.21 Å². The van der Waals surface area contributed by atoms with Crippen LogP contribution in [0, 0.1) is 6.57 Å². The molecule has 0 saturated carbocycles. The van der Waals surface area contributed by atoms with Gasteiger partial charge in [-0.2, -0.15) is 0 Å². The highest BCUT2D eigenvalue weighted by molar-refractivity contribution is 5.58. The van der Waals surface area contributed by atoms with Crippen LogP contribution in [0.4, 0.5) is 5.82 Å². The monoisotopic (exact) mass is 226 g/mol. The largest absolute Gasteiger partial charge is 0.461 e. The van der Waals surface area contributed by atoms with Crippen molar-refractivity contribution in [3.8, 4) is 11.3 Å². The number of aromatic nitrogens is 1. The van der Waals surface area contributed by atoms with E-state index < -0.39 is 0 Å². The Bertz CT molecular complexity index is 550. The first-order chi connectivity index (χ1) is 8.33. The van der Waals surface area contributed by atoms with Crippen LogP contribution in [0.2, 0.25) is 0 Å². The first kappa shape index (κ1) is 11.1. The molecule has 2 rings (SSSR count). The van der Waals surface area contributed by atoms with Crippen LogP contribution in [0.15, 0.2) is 34.9 Å². The average molecular weight is 226 g/mol. The summed E-state index contributed by atoms with van der Waals surface area (Å²) in [5.41, 5.74) is 0.828. The number of pyridine rings is 1. The molecule has 0 saturated heterocycles. The van der Waals surface area contributed by atoms with Crippen LogP contribution in [0.3, 0.4) is 0 Å². The fraction of sp³-hybridized carbons (Fsp3) is 0.154. The zero-order valence-corrected chi connectivity index (χ0v) is 9.09. The van der Waals surface area contributed by atoms with Crippen molar-refractivity contribution in [2.75, 3.05) is 0 Å². The van der Waals surface area contributed by atoms with Crippen molar-refractivity contribution in [2.45, 2.75) is 12.8 Å². The molecule has 0 aromatic carbocycles. The average Bonchev–Trinajstić information content (AvgIpc) is 2.85. The quantitative estimate of drug-likeness (QED) is 0.594. The summed E-state index contributed by atoms with van der Waals surface area (Å²) < 4.78 is 5.57. The van der Waals surface area contributed by atoms with Gasteiger partial charge in [-0.05, 0) is 18.2 Å². The molecule has 84 valence electrons. The molecule has 2 aromatic rings. The molecule has 0 amide bonds. The fourth-order valence-electron chi connectivity index (χ4n) is 1.47. The van der Waals surface area contributed by atoms with Crippen LogP contribution in [-0.4, -0.2) is 11.3 Å². The minimum atomic E-state index is 0.362. The van der Waals surface area contributed by atoms with Gasteiger partial charge in [0.05, 0.1) is 5.56 Å². The van der Waals surface area contributed by atoms with E-state index in [0.717, 1.165) is 17.6 Å². The molecule has 4 heteroatoms. The molecular weight excluding hydrogens is 216 g/mol. The van der Waals surface area contributed by atoms with Crippen molar-refractivity contribution in [3.05, 3.63) is 47.6 Å². The van der Waals surface area contributed by atoms with Crippen molar-refractivity contribution in [1.29, 1.82) is 0 Å². The molecule has 0 aliphatic carbocycles. The summed E-state index contributed by atoms with van der Waals surface area (Å²) in [7, 11) is 0. The van der Waals surface area contributed by atoms with Gasteiger partial charge >= 0.3 is 0 Å². The van der Waals surface area contributed by atoms with E-state index in [0.29, 0.717) is 24.4 Å². The first-order valence-electron chi connectivity index (χ1n) is 5.19. The van der Waals surface area contributed by atoms with Crippen LogP contribution in [0.5, 0.6) is 0 Å². The predicted octanol–water partition coefficient (Wildman–Crippen LogP) is 3.02. The number of rotatable bonds is 4. The Balaban J connectivity index is 2.18. The highest BCUT2D eigenvalue weighted by Crippen LogP contribution is 2.23. The third-order valence-electron chi connectivity index (χ3n) is 2.32. The molecule has 2 heterocycles. The summed E-state index contributed by atoms with van der Waals surface area (Å²) in [6.45, 7) is 6.80. The molecule has 0 aliphatic heterocycles. The zero-order valence-electron chi connectivity index (χ0n) is 9.09. The Morgan fingerprint density at radius 1 is 1.35 bits per heavy atom. The normalized spacial score (nSPS) is 9.82. The Labute approximate surface area is 98.7 Å². The van der Waals surface area contributed by atoms with E-state index in [9.17, 15) is 4.79 Å². The molecule has 0 aliphatic rings. The Morgan fingerprint density at radius 2 is 2.24 bits per heavy atom. The lowest BCUT2D eigenvalue weighted by atomic mass is 10.2. The number of hydrogen-bond donors (Lipinski definition) is 0. The van der Waals surface area contributed by atoms with E-state index >= 15 is 0 Å². The number of furan rings is 1. The molecule has 0 N–H and O–H groups in total. The third-order valence-corrected chi connectivity index (χ3v) is 2.32. The van der Waals surface area contributed by atoms with E-state index in [4.69, 9.17) is 11.0 Å². The topological polar surface area (TPSA) is 47.5 Å². The fourth-order valence-corrected chi connectivity index (χ4v) is 1.47. The van der Waals surface area contributed by atoms with Crippen molar-refractivity contribution in [2.24, 2.45) is 0 Å². The molecule has 0 bridgehead atoms. The number of carbonyl (C=O) groups is 1. The Hall–Kier alpha value is -2.41. The Morgan fingerprint density at radius 3 is 2.88 bits per heavy atom. The summed E-state index contributed by atoms with van der Waals surface area (Å²) in [4.78, 5) is 17.4. The van der Waals surface area contributed by atoms with E-state index in [2.05, 4.69) is 9.83 Å². The van der Waals surface area contributed by atoms with Gasteiger partial charge in [0.15, 0.2) is 0 Å². The molecule has 0 atom stereocenters. The highest BCUT2D eigenvalue weighted by atomic mass is 16.3. The van der Waals surface area contributed by atoms with E-state index in [-0.39, 0.29) is 0 Å².